The van der Waals surface area contributed by atoms with Crippen LogP contribution in [0.1, 0.15) is 37.7 Å². The van der Waals surface area contributed by atoms with Crippen LogP contribution in [0.3, 0.4) is 0 Å². The second-order valence-electron chi connectivity index (χ2n) is 8.04. The molecular weight excluding hydrogens is 431 g/mol. The largest absolute Gasteiger partial charge is 0.383 e. The summed E-state index contributed by atoms with van der Waals surface area (Å²) in [5.74, 6) is -0.907. The number of amides is 2. The normalized spacial score (nSPS) is 14.4. The van der Waals surface area contributed by atoms with Gasteiger partial charge < -0.3 is 16.0 Å². The van der Waals surface area contributed by atoms with Crippen molar-refractivity contribution >= 4 is 46.6 Å². The maximum atomic E-state index is 13.3. The monoisotopic (exact) mass is 456 g/mol. The molecule has 8 nitrogen and oxygen atoms in total. The third-order valence-electron chi connectivity index (χ3n) is 5.82. The summed E-state index contributed by atoms with van der Waals surface area (Å²) in [6, 6.07) is 9.60. The molecule has 0 bridgehead atoms. The van der Waals surface area contributed by atoms with Gasteiger partial charge in [-0.2, -0.15) is 9.19 Å². The molecule has 2 heterocycles. The number of carbonyl (C=O) groups is 2. The second-order valence-corrected chi connectivity index (χ2v) is 8.52. The van der Waals surface area contributed by atoms with E-state index in [4.69, 9.17) is 5.73 Å². The van der Waals surface area contributed by atoms with Crippen LogP contribution in [0.4, 0.5) is 15.4 Å². The van der Waals surface area contributed by atoms with Gasteiger partial charge in [0.15, 0.2) is 12.3 Å². The first kappa shape index (κ1) is 22.1. The van der Waals surface area contributed by atoms with Crippen LogP contribution in [-0.4, -0.2) is 37.4 Å². The highest BCUT2D eigenvalue weighted by atomic mass is 32.2. The zero-order valence-electron chi connectivity index (χ0n) is 17.5. The van der Waals surface area contributed by atoms with E-state index < -0.39 is 11.8 Å². The molecule has 0 radical (unpaired) electrons. The van der Waals surface area contributed by atoms with E-state index in [2.05, 4.69) is 15.4 Å². The molecule has 0 unspecified atom stereocenters. The number of anilines is 2. The number of benzene rings is 1. The standard InChI is InChI=1S/C22H25FN6O2S/c23-32-29-19-17(11-26-29)20(24)25-12-18(19)27-21(30)22(31)28(13-15-7-3-1-4-8-15)14-16-9-5-2-6-10-16/h1,3-4,7-8,11-12,16H,2,5-6,9-10,13-14H2,(H2,24,25)(H,27,30). The molecule has 4 rings (SSSR count). The molecule has 168 valence electrons. The first-order valence-corrected chi connectivity index (χ1v) is 11.3. The molecule has 0 aliphatic heterocycles. The number of rotatable bonds is 6. The Bertz CT molecular complexity index is 1100. The molecule has 1 saturated carbocycles. The predicted molar refractivity (Wildman–Crippen MR) is 123 cm³/mol. The number of fused-ring (bicyclic) bond motifs is 1. The molecule has 10 heteroatoms. The van der Waals surface area contributed by atoms with E-state index in [1.165, 1.54) is 18.8 Å². The summed E-state index contributed by atoms with van der Waals surface area (Å²) in [5, 5.41) is 6.87. The summed E-state index contributed by atoms with van der Waals surface area (Å²) < 4.78 is 14.3. The van der Waals surface area contributed by atoms with Crippen LogP contribution in [0.15, 0.2) is 42.7 Å². The van der Waals surface area contributed by atoms with E-state index in [9.17, 15) is 13.5 Å². The van der Waals surface area contributed by atoms with Crippen molar-refractivity contribution in [2.24, 2.45) is 5.92 Å². The van der Waals surface area contributed by atoms with E-state index in [-0.39, 0.29) is 29.4 Å². The maximum Gasteiger partial charge on any atom is 0.314 e. The van der Waals surface area contributed by atoms with Gasteiger partial charge in [0.05, 0.1) is 23.5 Å². The molecule has 1 aromatic carbocycles. The van der Waals surface area contributed by atoms with Crippen molar-refractivity contribution in [3.05, 3.63) is 48.3 Å². The molecule has 2 amide bonds. The Morgan fingerprint density at radius 2 is 1.94 bits per heavy atom. The smallest absolute Gasteiger partial charge is 0.314 e. The SMILES string of the molecule is Nc1ncc(NC(=O)C(=O)N(Cc2ccccc2)CC2CCCCC2)c2c1cnn2SF. The Morgan fingerprint density at radius 1 is 1.19 bits per heavy atom. The minimum Gasteiger partial charge on any atom is -0.383 e. The van der Waals surface area contributed by atoms with Gasteiger partial charge in [0, 0.05) is 13.1 Å². The highest BCUT2D eigenvalue weighted by Gasteiger charge is 2.27. The zero-order chi connectivity index (χ0) is 22.5. The number of nitrogen functional groups attached to an aromatic ring is 1. The van der Waals surface area contributed by atoms with Gasteiger partial charge in [0.1, 0.15) is 11.3 Å². The first-order chi connectivity index (χ1) is 15.6. The molecule has 3 N–H and O–H groups in total. The fraction of sp³-hybridized carbons (Fsp3) is 0.364. The average Bonchev–Trinajstić information content (AvgIpc) is 3.27. The van der Waals surface area contributed by atoms with Gasteiger partial charge in [-0.1, -0.05) is 49.6 Å². The maximum absolute atomic E-state index is 13.3. The van der Waals surface area contributed by atoms with Gasteiger partial charge in [-0.05, 0) is 24.3 Å². The van der Waals surface area contributed by atoms with Crippen molar-refractivity contribution in [1.82, 2.24) is 19.1 Å². The van der Waals surface area contributed by atoms with Crippen LogP contribution in [0, 0.1) is 5.92 Å². The molecule has 1 aliphatic carbocycles. The van der Waals surface area contributed by atoms with Crippen LogP contribution < -0.4 is 11.1 Å². The van der Waals surface area contributed by atoms with Crippen LogP contribution >= 0.6 is 12.3 Å². The summed E-state index contributed by atoms with van der Waals surface area (Å²) in [5.41, 5.74) is 7.22. The van der Waals surface area contributed by atoms with Crippen LogP contribution in [-0.2, 0) is 16.1 Å². The lowest BCUT2D eigenvalue weighted by molar-refractivity contribution is -0.144. The minimum atomic E-state index is -0.804. The van der Waals surface area contributed by atoms with Gasteiger partial charge >= 0.3 is 11.8 Å². The highest BCUT2D eigenvalue weighted by Crippen LogP contribution is 2.29. The zero-order valence-corrected chi connectivity index (χ0v) is 18.4. The molecule has 0 atom stereocenters. The number of carbonyl (C=O) groups excluding carboxylic acids is 2. The van der Waals surface area contributed by atoms with Crippen molar-refractivity contribution in [2.75, 3.05) is 17.6 Å². The second kappa shape index (κ2) is 9.99. The Hall–Kier alpha value is -3.14. The van der Waals surface area contributed by atoms with Gasteiger partial charge in [-0.3, -0.25) is 9.59 Å². The number of hydrogen-bond acceptors (Lipinski definition) is 6. The lowest BCUT2D eigenvalue weighted by atomic mass is 9.89. The number of aromatic nitrogens is 3. The van der Waals surface area contributed by atoms with Gasteiger partial charge in [-0.15, -0.1) is 3.89 Å². The summed E-state index contributed by atoms with van der Waals surface area (Å²) in [7, 11) is 0. The molecule has 0 spiro atoms. The van der Waals surface area contributed by atoms with Crippen LogP contribution in [0.25, 0.3) is 10.9 Å². The van der Waals surface area contributed by atoms with E-state index >= 15 is 0 Å². The Morgan fingerprint density at radius 3 is 2.66 bits per heavy atom. The first-order valence-electron chi connectivity index (χ1n) is 10.6. The Kier molecular flexibility index (Phi) is 6.89. The van der Waals surface area contributed by atoms with Crippen molar-refractivity contribution in [2.45, 2.75) is 38.6 Å². The average molecular weight is 457 g/mol. The van der Waals surface area contributed by atoms with Crippen molar-refractivity contribution in [3.8, 4) is 0 Å². The summed E-state index contributed by atoms with van der Waals surface area (Å²) >= 11 is -0.130. The van der Waals surface area contributed by atoms with Crippen LogP contribution in [0.2, 0.25) is 0 Å². The third kappa shape index (κ3) is 4.85. The molecule has 1 aliphatic rings. The molecule has 1 fully saturated rings. The number of hydrogen-bond donors (Lipinski definition) is 2. The predicted octanol–water partition coefficient (Wildman–Crippen LogP) is 3.94. The number of halogens is 1. The lowest BCUT2D eigenvalue weighted by Crippen LogP contribution is -2.42. The van der Waals surface area contributed by atoms with E-state index in [1.54, 1.807) is 4.90 Å². The van der Waals surface area contributed by atoms with Crippen molar-refractivity contribution in [3.63, 3.8) is 0 Å². The number of nitrogens with two attached hydrogens (primary N) is 1. The van der Waals surface area contributed by atoms with Gasteiger partial charge in [0.25, 0.3) is 0 Å². The topological polar surface area (TPSA) is 106 Å². The summed E-state index contributed by atoms with van der Waals surface area (Å²) in [6.45, 7) is 0.867. The number of nitrogens with one attached hydrogen (secondary N) is 1. The van der Waals surface area contributed by atoms with E-state index in [0.29, 0.717) is 24.4 Å². The van der Waals surface area contributed by atoms with Crippen molar-refractivity contribution < 1.29 is 13.5 Å². The van der Waals surface area contributed by atoms with Gasteiger partial charge in [-0.25, -0.2) is 4.98 Å². The molecular formula is C22H25FN6O2S. The van der Waals surface area contributed by atoms with Crippen molar-refractivity contribution in [1.29, 1.82) is 0 Å². The Balaban J connectivity index is 1.56. The molecule has 0 saturated heterocycles. The number of pyridine rings is 1. The Labute approximate surface area is 189 Å². The van der Waals surface area contributed by atoms with Crippen LogP contribution in [0.5, 0.6) is 0 Å². The van der Waals surface area contributed by atoms with E-state index in [1.807, 2.05) is 30.3 Å². The minimum absolute atomic E-state index is 0.130. The fourth-order valence-corrected chi connectivity index (χ4v) is 4.55. The molecule has 2 aromatic heterocycles. The summed E-state index contributed by atoms with van der Waals surface area (Å²) in [4.78, 5) is 31.8. The quantitative estimate of drug-likeness (QED) is 0.544. The third-order valence-corrected chi connectivity index (χ3v) is 6.22. The molecule has 3 aromatic rings. The fourth-order valence-electron chi connectivity index (χ4n) is 4.20. The number of nitrogens with zero attached hydrogens (tertiary/aromatic N) is 4. The highest BCUT2D eigenvalue weighted by molar-refractivity contribution is 7.92. The van der Waals surface area contributed by atoms with E-state index in [0.717, 1.165) is 35.3 Å². The summed E-state index contributed by atoms with van der Waals surface area (Å²) in [6.07, 6.45) is 8.27. The lowest BCUT2D eigenvalue weighted by Gasteiger charge is -2.29. The molecule has 32 heavy (non-hydrogen) atoms. The van der Waals surface area contributed by atoms with Gasteiger partial charge in [0.2, 0.25) is 0 Å².